The molecular formula is C13H22Cl3N3O3. The Balaban J connectivity index is 3.91. The van der Waals surface area contributed by atoms with Crippen LogP contribution in [0.4, 0.5) is 0 Å². The Morgan fingerprint density at radius 1 is 0.727 bits per heavy atom. The second-order valence-electron chi connectivity index (χ2n) is 4.54. The second kappa shape index (κ2) is 13.9. The molecule has 0 saturated heterocycles. The lowest BCUT2D eigenvalue weighted by atomic mass is 10.2. The van der Waals surface area contributed by atoms with E-state index in [0.717, 1.165) is 12.8 Å². The molecule has 0 atom stereocenters. The number of alkyl halides is 3. The van der Waals surface area contributed by atoms with E-state index in [9.17, 15) is 14.4 Å². The zero-order valence-corrected chi connectivity index (χ0v) is 14.6. The van der Waals surface area contributed by atoms with Gasteiger partial charge in [0.15, 0.2) is 0 Å². The molecule has 128 valence electrons. The summed E-state index contributed by atoms with van der Waals surface area (Å²) < 4.78 is 0. The summed E-state index contributed by atoms with van der Waals surface area (Å²) in [5.74, 6) is -0.771. The number of amides is 3. The molecule has 0 spiro atoms. The van der Waals surface area contributed by atoms with Gasteiger partial charge in [0.25, 0.3) is 0 Å². The van der Waals surface area contributed by atoms with Gasteiger partial charge in [0, 0.05) is 26.2 Å². The van der Waals surface area contributed by atoms with Crippen LogP contribution in [0.2, 0.25) is 0 Å². The van der Waals surface area contributed by atoms with E-state index < -0.39 is 0 Å². The maximum atomic E-state index is 11.7. The van der Waals surface area contributed by atoms with Crippen molar-refractivity contribution in [2.24, 2.45) is 0 Å². The van der Waals surface area contributed by atoms with Gasteiger partial charge in [0.1, 0.15) is 17.6 Å². The smallest absolute Gasteiger partial charge is 0.237 e. The summed E-state index contributed by atoms with van der Waals surface area (Å²) in [7, 11) is 0. The van der Waals surface area contributed by atoms with E-state index >= 15 is 0 Å². The fraction of sp³-hybridized carbons (Fsp3) is 0.769. The average Bonchev–Trinajstić information content (AvgIpc) is 2.54. The normalized spacial score (nSPS) is 10.1. The van der Waals surface area contributed by atoms with Crippen molar-refractivity contribution < 1.29 is 14.4 Å². The van der Waals surface area contributed by atoms with Crippen LogP contribution in [0.3, 0.4) is 0 Å². The zero-order valence-electron chi connectivity index (χ0n) is 12.4. The average molecular weight is 375 g/mol. The Kier molecular flexibility index (Phi) is 13.5. The number of nitrogens with one attached hydrogen (secondary N) is 2. The van der Waals surface area contributed by atoms with Crippen molar-refractivity contribution in [3.63, 3.8) is 0 Å². The Morgan fingerprint density at radius 2 is 1.23 bits per heavy atom. The molecular weight excluding hydrogens is 353 g/mol. The topological polar surface area (TPSA) is 78.5 Å². The fourth-order valence-corrected chi connectivity index (χ4v) is 2.05. The number of carbonyl (C=O) groups is 3. The van der Waals surface area contributed by atoms with Gasteiger partial charge in [-0.1, -0.05) is 0 Å². The molecule has 0 rings (SSSR count). The molecule has 22 heavy (non-hydrogen) atoms. The molecule has 2 N–H and O–H groups in total. The summed E-state index contributed by atoms with van der Waals surface area (Å²) in [6, 6.07) is 0. The molecule has 0 unspecified atom stereocenters. The molecule has 0 fully saturated rings. The predicted molar refractivity (Wildman–Crippen MR) is 88.6 cm³/mol. The highest BCUT2D eigenvalue weighted by Gasteiger charge is 2.11. The minimum Gasteiger partial charge on any atom is -0.355 e. The second-order valence-corrected chi connectivity index (χ2v) is 5.34. The molecule has 0 bridgehead atoms. The number of halogens is 3. The quantitative estimate of drug-likeness (QED) is 0.394. The number of hydrogen-bond acceptors (Lipinski definition) is 3. The van der Waals surface area contributed by atoms with E-state index in [0.29, 0.717) is 32.6 Å². The lowest BCUT2D eigenvalue weighted by Crippen LogP contribution is -2.36. The van der Waals surface area contributed by atoms with Crippen molar-refractivity contribution in [3.05, 3.63) is 0 Å². The molecule has 9 heteroatoms. The first kappa shape index (κ1) is 21.3. The maximum Gasteiger partial charge on any atom is 0.237 e. The Labute approximate surface area is 145 Å². The van der Waals surface area contributed by atoms with E-state index in [2.05, 4.69) is 10.6 Å². The van der Waals surface area contributed by atoms with Crippen molar-refractivity contribution in [1.29, 1.82) is 0 Å². The van der Waals surface area contributed by atoms with E-state index in [1.54, 1.807) is 4.90 Å². The van der Waals surface area contributed by atoms with Crippen LogP contribution in [0.15, 0.2) is 0 Å². The van der Waals surface area contributed by atoms with Crippen molar-refractivity contribution in [3.8, 4) is 0 Å². The molecule has 0 aromatic carbocycles. The number of nitrogens with zero attached hydrogens (tertiary/aromatic N) is 1. The van der Waals surface area contributed by atoms with Crippen LogP contribution in [0.5, 0.6) is 0 Å². The fourth-order valence-electron chi connectivity index (χ4n) is 1.69. The lowest BCUT2D eigenvalue weighted by Gasteiger charge is -2.22. The number of hydrogen-bond donors (Lipinski definition) is 2. The minimum atomic E-state index is -0.230. The van der Waals surface area contributed by atoms with E-state index in [-0.39, 0.29) is 35.4 Å². The minimum absolute atomic E-state index is 0.0507. The number of unbranched alkanes of at least 4 members (excludes halogenated alkanes) is 1. The molecule has 0 aromatic heterocycles. The summed E-state index contributed by atoms with van der Waals surface area (Å²) in [6.07, 6.45) is 2.13. The molecule has 0 aromatic rings. The van der Waals surface area contributed by atoms with Crippen LogP contribution >= 0.6 is 34.8 Å². The molecule has 0 radical (unpaired) electrons. The van der Waals surface area contributed by atoms with Gasteiger partial charge in [-0.25, -0.2) is 0 Å². The first-order valence-corrected chi connectivity index (χ1v) is 8.64. The van der Waals surface area contributed by atoms with E-state index in [4.69, 9.17) is 34.8 Å². The molecule has 0 aliphatic rings. The lowest BCUT2D eigenvalue weighted by molar-refractivity contribution is -0.128. The van der Waals surface area contributed by atoms with Gasteiger partial charge >= 0.3 is 0 Å². The highest BCUT2D eigenvalue weighted by Crippen LogP contribution is 1.99. The van der Waals surface area contributed by atoms with Crippen LogP contribution in [0, 0.1) is 0 Å². The first-order chi connectivity index (χ1) is 10.5. The monoisotopic (exact) mass is 373 g/mol. The third-order valence-electron chi connectivity index (χ3n) is 2.81. The number of carbonyl (C=O) groups excluding carboxylic acids is 3. The molecule has 0 saturated carbocycles. The van der Waals surface area contributed by atoms with Crippen LogP contribution in [-0.2, 0) is 14.4 Å². The third kappa shape index (κ3) is 10.9. The molecule has 0 aliphatic heterocycles. The van der Waals surface area contributed by atoms with Gasteiger partial charge in [-0.3, -0.25) is 14.4 Å². The van der Waals surface area contributed by atoms with Crippen LogP contribution in [0.25, 0.3) is 0 Å². The highest BCUT2D eigenvalue weighted by molar-refractivity contribution is 6.27. The van der Waals surface area contributed by atoms with Gasteiger partial charge in [-0.2, -0.15) is 0 Å². The Morgan fingerprint density at radius 3 is 1.73 bits per heavy atom. The van der Waals surface area contributed by atoms with Gasteiger partial charge in [0.05, 0.1) is 0 Å². The van der Waals surface area contributed by atoms with Crippen LogP contribution in [0.1, 0.15) is 19.3 Å². The predicted octanol–water partition coefficient (Wildman–Crippen LogP) is 0.934. The van der Waals surface area contributed by atoms with E-state index in [1.807, 2.05) is 0 Å². The summed E-state index contributed by atoms with van der Waals surface area (Å²) in [5, 5.41) is 5.30. The third-order valence-corrected chi connectivity index (χ3v) is 3.53. The van der Waals surface area contributed by atoms with Crippen LogP contribution < -0.4 is 10.6 Å². The Hall–Kier alpha value is -0.720. The van der Waals surface area contributed by atoms with Crippen molar-refractivity contribution in [1.82, 2.24) is 15.5 Å². The SMILES string of the molecule is O=C(CCl)NCCCCN(CCCNC(=O)CCl)C(=O)CCl. The Bertz CT molecular complexity index is 357. The van der Waals surface area contributed by atoms with Gasteiger partial charge < -0.3 is 15.5 Å². The van der Waals surface area contributed by atoms with E-state index in [1.165, 1.54) is 0 Å². The van der Waals surface area contributed by atoms with Gasteiger partial charge in [0.2, 0.25) is 17.7 Å². The van der Waals surface area contributed by atoms with Crippen molar-refractivity contribution >= 4 is 52.5 Å². The van der Waals surface area contributed by atoms with Crippen molar-refractivity contribution in [2.45, 2.75) is 19.3 Å². The molecule has 3 amide bonds. The molecule has 6 nitrogen and oxygen atoms in total. The summed E-state index contributed by atoms with van der Waals surface area (Å²) in [5.41, 5.74) is 0. The standard InChI is InChI=1S/C13H22Cl3N3O3/c14-8-11(20)17-4-1-2-6-19(13(22)10-16)7-3-5-18-12(21)9-15/h1-10H2,(H,17,20)(H,18,21). The highest BCUT2D eigenvalue weighted by atomic mass is 35.5. The largest absolute Gasteiger partial charge is 0.355 e. The maximum absolute atomic E-state index is 11.7. The summed E-state index contributed by atoms with van der Waals surface area (Å²) in [6.45, 7) is 2.07. The molecule has 0 heterocycles. The van der Waals surface area contributed by atoms with Gasteiger partial charge in [-0.15, -0.1) is 34.8 Å². The summed E-state index contributed by atoms with van der Waals surface area (Å²) in [4.78, 5) is 35.3. The number of rotatable bonds is 12. The van der Waals surface area contributed by atoms with Gasteiger partial charge in [-0.05, 0) is 19.3 Å². The zero-order chi connectivity index (χ0) is 16.8. The first-order valence-electron chi connectivity index (χ1n) is 7.04. The summed E-state index contributed by atoms with van der Waals surface area (Å²) >= 11 is 16.3. The van der Waals surface area contributed by atoms with Crippen molar-refractivity contribution in [2.75, 3.05) is 43.8 Å². The van der Waals surface area contributed by atoms with Crippen LogP contribution in [-0.4, -0.2) is 66.4 Å². The molecule has 0 aliphatic carbocycles.